The van der Waals surface area contributed by atoms with Crippen molar-refractivity contribution in [1.82, 2.24) is 10.6 Å². The largest absolute Gasteiger partial charge is 0.465 e. The van der Waals surface area contributed by atoms with Crippen molar-refractivity contribution in [1.29, 1.82) is 0 Å². The summed E-state index contributed by atoms with van der Waals surface area (Å²) in [7, 11) is 0. The molecule has 0 spiro atoms. The maximum Gasteiger partial charge on any atom is 0.416 e. The minimum absolute atomic E-state index is 0.0546. The molecule has 32 heavy (non-hydrogen) atoms. The van der Waals surface area contributed by atoms with E-state index in [9.17, 15) is 35.9 Å². The first kappa shape index (κ1) is 25.0. The van der Waals surface area contributed by atoms with Gasteiger partial charge in [-0.1, -0.05) is 18.2 Å². The van der Waals surface area contributed by atoms with Gasteiger partial charge in [0.15, 0.2) is 0 Å². The molecule has 2 amide bonds. The Labute approximate surface area is 179 Å². The fourth-order valence-electron chi connectivity index (χ4n) is 2.98. The van der Waals surface area contributed by atoms with Crippen LogP contribution < -0.4 is 10.6 Å². The molecule has 0 radical (unpaired) electrons. The van der Waals surface area contributed by atoms with Crippen molar-refractivity contribution in [2.45, 2.75) is 44.7 Å². The molecule has 0 aliphatic heterocycles. The van der Waals surface area contributed by atoms with Gasteiger partial charge in [-0.15, -0.1) is 0 Å². The Hall–Kier alpha value is -3.24. The van der Waals surface area contributed by atoms with E-state index in [4.69, 9.17) is 5.11 Å². The second-order valence-electron chi connectivity index (χ2n) is 7.76. The fraction of sp³-hybridized carbons (Fsp3) is 0.333. The molecule has 0 unspecified atom stereocenters. The van der Waals surface area contributed by atoms with E-state index in [1.807, 2.05) is 0 Å². The van der Waals surface area contributed by atoms with Crippen LogP contribution in [0.15, 0.2) is 42.5 Å². The molecule has 0 aliphatic rings. The molecule has 0 atom stereocenters. The Morgan fingerprint density at radius 3 is 1.94 bits per heavy atom. The Morgan fingerprint density at radius 1 is 0.875 bits per heavy atom. The van der Waals surface area contributed by atoms with Crippen molar-refractivity contribution in [2.24, 2.45) is 0 Å². The minimum Gasteiger partial charge on any atom is -0.465 e. The number of hydrogen-bond acceptors (Lipinski definition) is 2. The topological polar surface area (TPSA) is 78.4 Å². The standard InChI is InChI=1S/C21H20F6N2O3/c1-19(2,29-18(31)32)10-17(30)28-11-12-4-3-5-13(6-12)14-7-15(20(22,23)24)9-16(8-14)21(25,26)27/h3-9,29H,10-11H2,1-2H3,(H,28,30)(H,31,32). The number of rotatable bonds is 6. The van der Waals surface area contributed by atoms with Crippen molar-refractivity contribution in [3.8, 4) is 11.1 Å². The van der Waals surface area contributed by atoms with Gasteiger partial charge in [0.25, 0.3) is 0 Å². The highest BCUT2D eigenvalue weighted by Crippen LogP contribution is 2.38. The summed E-state index contributed by atoms with van der Waals surface area (Å²) >= 11 is 0. The molecule has 5 nitrogen and oxygen atoms in total. The predicted molar refractivity (Wildman–Crippen MR) is 104 cm³/mol. The third-order valence-corrected chi connectivity index (χ3v) is 4.39. The van der Waals surface area contributed by atoms with Gasteiger partial charge >= 0.3 is 18.4 Å². The number of alkyl halides is 6. The monoisotopic (exact) mass is 462 g/mol. The SMILES string of the molecule is CC(C)(CC(=O)NCc1cccc(-c2cc(C(F)(F)F)cc(C(F)(F)F)c2)c1)NC(=O)O. The van der Waals surface area contributed by atoms with E-state index in [1.54, 1.807) is 6.07 Å². The number of halogens is 6. The molecule has 2 aromatic carbocycles. The summed E-state index contributed by atoms with van der Waals surface area (Å²) in [6.07, 6.45) is -11.4. The highest BCUT2D eigenvalue weighted by Gasteiger charge is 2.37. The van der Waals surface area contributed by atoms with Gasteiger partial charge in [-0.25, -0.2) is 4.79 Å². The summed E-state index contributed by atoms with van der Waals surface area (Å²) in [6, 6.07) is 7.04. The molecule has 3 N–H and O–H groups in total. The molecule has 2 aromatic rings. The maximum atomic E-state index is 13.1. The van der Waals surface area contributed by atoms with E-state index < -0.39 is 41.0 Å². The normalized spacial score (nSPS) is 12.4. The molecular formula is C21H20F6N2O3. The highest BCUT2D eigenvalue weighted by molar-refractivity contribution is 5.78. The molecule has 0 aromatic heterocycles. The number of carbonyl (C=O) groups excluding carboxylic acids is 1. The van der Waals surface area contributed by atoms with E-state index in [2.05, 4.69) is 10.6 Å². The fourth-order valence-corrected chi connectivity index (χ4v) is 2.98. The van der Waals surface area contributed by atoms with Crippen molar-refractivity contribution in [3.63, 3.8) is 0 Å². The number of benzene rings is 2. The third-order valence-electron chi connectivity index (χ3n) is 4.39. The van der Waals surface area contributed by atoms with Crippen molar-refractivity contribution in [3.05, 3.63) is 59.2 Å². The number of hydrogen-bond donors (Lipinski definition) is 3. The molecule has 2 rings (SSSR count). The van der Waals surface area contributed by atoms with Gasteiger partial charge < -0.3 is 15.7 Å². The number of nitrogens with one attached hydrogen (secondary N) is 2. The first-order chi connectivity index (χ1) is 14.6. The Morgan fingerprint density at radius 2 is 1.44 bits per heavy atom. The zero-order valence-corrected chi connectivity index (χ0v) is 17.0. The van der Waals surface area contributed by atoms with E-state index in [-0.39, 0.29) is 30.2 Å². The molecule has 0 saturated heterocycles. The molecule has 0 saturated carbocycles. The van der Waals surface area contributed by atoms with Gasteiger partial charge in [0, 0.05) is 18.5 Å². The van der Waals surface area contributed by atoms with Gasteiger partial charge in [0.2, 0.25) is 5.91 Å². The predicted octanol–water partition coefficient (Wildman–Crippen LogP) is 5.44. The van der Waals surface area contributed by atoms with Crippen molar-refractivity contribution in [2.75, 3.05) is 0 Å². The van der Waals surface area contributed by atoms with Crippen LogP contribution in [0.1, 0.15) is 37.0 Å². The smallest absolute Gasteiger partial charge is 0.416 e. The number of carboxylic acid groups (broad SMARTS) is 1. The first-order valence-corrected chi connectivity index (χ1v) is 9.23. The lowest BCUT2D eigenvalue weighted by Crippen LogP contribution is -2.46. The van der Waals surface area contributed by atoms with Crippen molar-refractivity contribution >= 4 is 12.0 Å². The van der Waals surface area contributed by atoms with Gasteiger partial charge in [0.05, 0.1) is 11.1 Å². The lowest BCUT2D eigenvalue weighted by molar-refractivity contribution is -0.143. The van der Waals surface area contributed by atoms with E-state index in [0.29, 0.717) is 17.7 Å². The summed E-state index contributed by atoms with van der Waals surface area (Å²) < 4.78 is 78.6. The Kier molecular flexibility index (Phi) is 7.11. The molecule has 0 heterocycles. The van der Waals surface area contributed by atoms with Crippen LogP contribution >= 0.6 is 0 Å². The lowest BCUT2D eigenvalue weighted by Gasteiger charge is -2.23. The molecule has 0 fully saturated rings. The van der Waals surface area contributed by atoms with Crippen LogP contribution in [0.5, 0.6) is 0 Å². The first-order valence-electron chi connectivity index (χ1n) is 9.23. The summed E-state index contributed by atoms with van der Waals surface area (Å²) in [5.41, 5.74) is -3.60. The van der Waals surface area contributed by atoms with Crippen LogP contribution in [0, 0.1) is 0 Å². The second-order valence-corrected chi connectivity index (χ2v) is 7.76. The van der Waals surface area contributed by atoms with Crippen LogP contribution in [0.4, 0.5) is 31.1 Å². The maximum absolute atomic E-state index is 13.1. The Bertz CT molecular complexity index is 968. The number of amides is 2. The van der Waals surface area contributed by atoms with E-state index >= 15 is 0 Å². The van der Waals surface area contributed by atoms with Crippen LogP contribution in [0.25, 0.3) is 11.1 Å². The minimum atomic E-state index is -4.96. The highest BCUT2D eigenvalue weighted by atomic mass is 19.4. The van der Waals surface area contributed by atoms with Crippen LogP contribution in [0.3, 0.4) is 0 Å². The zero-order valence-electron chi connectivity index (χ0n) is 17.0. The van der Waals surface area contributed by atoms with E-state index in [1.165, 1.54) is 32.0 Å². The molecule has 174 valence electrons. The summed E-state index contributed by atoms with van der Waals surface area (Å²) in [5, 5.41) is 13.5. The molecular weight excluding hydrogens is 442 g/mol. The molecule has 11 heteroatoms. The van der Waals surface area contributed by atoms with Crippen LogP contribution in [-0.2, 0) is 23.7 Å². The zero-order chi connectivity index (χ0) is 24.3. The van der Waals surface area contributed by atoms with Crippen LogP contribution in [0.2, 0.25) is 0 Å². The quantitative estimate of drug-likeness (QED) is 0.500. The summed E-state index contributed by atoms with van der Waals surface area (Å²) in [6.45, 7) is 2.96. The van der Waals surface area contributed by atoms with E-state index in [0.717, 1.165) is 0 Å². The number of carbonyl (C=O) groups is 2. The van der Waals surface area contributed by atoms with Gasteiger partial charge in [-0.05, 0) is 54.8 Å². The van der Waals surface area contributed by atoms with Gasteiger partial charge in [0.1, 0.15) is 0 Å². The lowest BCUT2D eigenvalue weighted by atomic mass is 9.97. The average Bonchev–Trinajstić information content (AvgIpc) is 2.63. The second kappa shape index (κ2) is 9.09. The van der Waals surface area contributed by atoms with Gasteiger partial charge in [-0.2, -0.15) is 26.3 Å². The van der Waals surface area contributed by atoms with Gasteiger partial charge in [-0.3, -0.25) is 4.79 Å². The summed E-state index contributed by atoms with van der Waals surface area (Å²) in [4.78, 5) is 22.8. The average molecular weight is 462 g/mol. The molecule has 0 bridgehead atoms. The Balaban J connectivity index is 2.24. The van der Waals surface area contributed by atoms with Crippen LogP contribution in [-0.4, -0.2) is 22.6 Å². The summed E-state index contributed by atoms with van der Waals surface area (Å²) in [5.74, 6) is -0.493. The third kappa shape index (κ3) is 7.17. The van der Waals surface area contributed by atoms with Crippen molar-refractivity contribution < 1.29 is 41.0 Å². The molecule has 0 aliphatic carbocycles.